The summed E-state index contributed by atoms with van der Waals surface area (Å²) in [6, 6.07) is 9.08. The average molecular weight is 419 g/mol. The molecular weight excluding hydrogens is 400 g/mol. The average Bonchev–Trinajstić information content (AvgIpc) is 3.11. The van der Waals surface area contributed by atoms with Gasteiger partial charge < -0.3 is 5.32 Å². The first-order valence-corrected chi connectivity index (χ1v) is 9.87. The Balaban J connectivity index is 1.71. The number of anilines is 1. The molecule has 1 N–H and O–H groups in total. The van der Waals surface area contributed by atoms with Gasteiger partial charge in [-0.2, -0.15) is 0 Å². The first-order valence-electron chi connectivity index (χ1n) is 8.47. The van der Waals surface area contributed by atoms with Gasteiger partial charge in [-0.05, 0) is 19.1 Å². The van der Waals surface area contributed by atoms with Gasteiger partial charge in [0, 0.05) is 19.9 Å². The molecule has 3 rings (SSSR count). The van der Waals surface area contributed by atoms with E-state index in [1.165, 1.54) is 4.68 Å². The van der Waals surface area contributed by atoms with E-state index in [0.717, 1.165) is 16.7 Å². The van der Waals surface area contributed by atoms with Gasteiger partial charge in [-0.25, -0.2) is 9.58 Å². The van der Waals surface area contributed by atoms with Gasteiger partial charge in [-0.3, -0.25) is 23.9 Å². The maximum Gasteiger partial charge on any atom is 0.295 e. The fraction of sp³-hybridized carbons (Fsp3) is 0.278. The largest absolute Gasteiger partial charge is 0.319 e. The summed E-state index contributed by atoms with van der Waals surface area (Å²) in [5.74, 6) is -1.27. The van der Waals surface area contributed by atoms with Gasteiger partial charge in [-0.15, -0.1) is 0 Å². The van der Waals surface area contributed by atoms with Crippen molar-refractivity contribution in [2.24, 2.45) is 7.05 Å². The summed E-state index contributed by atoms with van der Waals surface area (Å²) in [4.78, 5) is 49.4. The first-order chi connectivity index (χ1) is 13.3. The molecule has 0 atom stereocenters. The first kappa shape index (κ1) is 20.0. The SMILES string of the molecule is Cc1c(NC(=O)CSC(=S)N2C(=O)CCC2=O)c(=O)n(-c2ccccc2)n1C. The standard InChI is InChI=1S/C18H18N4O4S2/c1-11-16(17(26)22(20(11)2)12-6-4-3-5-7-12)19-13(23)10-28-18(27)21-14(24)8-9-15(21)25/h3-7H,8-10H2,1-2H3,(H,19,23). The second-order valence-electron chi connectivity index (χ2n) is 6.16. The van der Waals surface area contributed by atoms with E-state index in [4.69, 9.17) is 12.2 Å². The Bertz CT molecular complexity index is 1010. The topological polar surface area (TPSA) is 93.4 Å². The molecule has 0 bridgehead atoms. The van der Waals surface area contributed by atoms with Crippen LogP contribution >= 0.6 is 24.0 Å². The summed E-state index contributed by atoms with van der Waals surface area (Å²) in [5, 5.41) is 2.62. The highest BCUT2D eigenvalue weighted by Gasteiger charge is 2.32. The molecule has 0 saturated carbocycles. The Morgan fingerprint density at radius 2 is 1.75 bits per heavy atom. The number of aromatic nitrogens is 2. The number of thioether (sulfide) groups is 1. The van der Waals surface area contributed by atoms with E-state index in [-0.39, 0.29) is 46.0 Å². The van der Waals surface area contributed by atoms with E-state index in [0.29, 0.717) is 11.4 Å². The molecule has 8 nitrogen and oxygen atoms in total. The van der Waals surface area contributed by atoms with Crippen LogP contribution in [-0.2, 0) is 21.4 Å². The van der Waals surface area contributed by atoms with Gasteiger partial charge in [0.1, 0.15) is 10.0 Å². The van der Waals surface area contributed by atoms with Crippen LogP contribution in [0.25, 0.3) is 5.69 Å². The van der Waals surface area contributed by atoms with Gasteiger partial charge in [0.2, 0.25) is 17.7 Å². The number of hydrogen-bond donors (Lipinski definition) is 1. The highest BCUT2D eigenvalue weighted by atomic mass is 32.2. The zero-order valence-corrected chi connectivity index (χ0v) is 16.9. The molecule has 1 aliphatic heterocycles. The number of hydrogen-bond acceptors (Lipinski definition) is 6. The van der Waals surface area contributed by atoms with Crippen molar-refractivity contribution in [3.63, 3.8) is 0 Å². The molecule has 0 unspecified atom stereocenters. The minimum absolute atomic E-state index is 0.0501. The van der Waals surface area contributed by atoms with E-state index in [9.17, 15) is 19.2 Å². The fourth-order valence-electron chi connectivity index (χ4n) is 2.86. The van der Waals surface area contributed by atoms with Crippen molar-refractivity contribution in [2.45, 2.75) is 19.8 Å². The number of amides is 3. The van der Waals surface area contributed by atoms with Crippen LogP contribution in [0, 0.1) is 6.92 Å². The van der Waals surface area contributed by atoms with E-state index < -0.39 is 5.91 Å². The molecule has 3 amide bonds. The predicted octanol–water partition coefficient (Wildman–Crippen LogP) is 1.59. The second kappa shape index (κ2) is 8.11. The third-order valence-corrected chi connectivity index (χ3v) is 5.75. The number of para-hydroxylation sites is 1. The number of nitrogens with one attached hydrogen (secondary N) is 1. The Morgan fingerprint density at radius 1 is 1.14 bits per heavy atom. The van der Waals surface area contributed by atoms with E-state index in [1.807, 2.05) is 18.2 Å². The third kappa shape index (κ3) is 3.78. The molecule has 1 fully saturated rings. The molecule has 0 radical (unpaired) electrons. The van der Waals surface area contributed by atoms with Gasteiger partial charge in [-0.1, -0.05) is 42.2 Å². The minimum atomic E-state index is -0.447. The number of imide groups is 1. The van der Waals surface area contributed by atoms with Gasteiger partial charge in [0.25, 0.3) is 5.56 Å². The van der Waals surface area contributed by atoms with Crippen LogP contribution in [0.1, 0.15) is 18.5 Å². The van der Waals surface area contributed by atoms with Crippen molar-refractivity contribution in [1.82, 2.24) is 14.3 Å². The van der Waals surface area contributed by atoms with Crippen molar-refractivity contribution in [1.29, 1.82) is 0 Å². The molecule has 2 aromatic rings. The number of thiocarbonyl (C=S) groups is 1. The van der Waals surface area contributed by atoms with Crippen molar-refractivity contribution in [3.05, 3.63) is 46.4 Å². The lowest BCUT2D eigenvalue weighted by atomic mass is 10.3. The zero-order chi connectivity index (χ0) is 20.4. The van der Waals surface area contributed by atoms with Crippen molar-refractivity contribution in [2.75, 3.05) is 11.1 Å². The monoisotopic (exact) mass is 418 g/mol. The molecule has 0 spiro atoms. The number of benzene rings is 1. The van der Waals surface area contributed by atoms with Gasteiger partial charge in [0.05, 0.1) is 17.1 Å². The lowest BCUT2D eigenvalue weighted by Gasteiger charge is -2.13. The minimum Gasteiger partial charge on any atom is -0.319 e. The van der Waals surface area contributed by atoms with Crippen LogP contribution < -0.4 is 10.9 Å². The molecule has 10 heteroatoms. The smallest absolute Gasteiger partial charge is 0.295 e. The number of carbonyl (C=O) groups is 3. The van der Waals surface area contributed by atoms with E-state index in [2.05, 4.69) is 5.32 Å². The maximum absolute atomic E-state index is 12.8. The summed E-state index contributed by atoms with van der Waals surface area (Å²) in [6.07, 6.45) is 0.266. The van der Waals surface area contributed by atoms with Crippen LogP contribution in [0.2, 0.25) is 0 Å². The number of likely N-dealkylation sites (tertiary alicyclic amines) is 1. The van der Waals surface area contributed by atoms with Gasteiger partial charge >= 0.3 is 0 Å². The third-order valence-electron chi connectivity index (χ3n) is 4.38. The predicted molar refractivity (Wildman–Crippen MR) is 111 cm³/mol. The second-order valence-corrected chi connectivity index (χ2v) is 7.77. The summed E-state index contributed by atoms with van der Waals surface area (Å²) >= 11 is 6.00. The number of rotatable bonds is 4. The molecule has 146 valence electrons. The Kier molecular flexibility index (Phi) is 5.80. The Hall–Kier alpha value is -2.72. The van der Waals surface area contributed by atoms with Crippen LogP contribution in [0.3, 0.4) is 0 Å². The molecule has 1 aromatic heterocycles. The highest BCUT2D eigenvalue weighted by molar-refractivity contribution is 8.23. The quantitative estimate of drug-likeness (QED) is 0.599. The van der Waals surface area contributed by atoms with Crippen molar-refractivity contribution >= 4 is 51.7 Å². The maximum atomic E-state index is 12.8. The summed E-state index contributed by atoms with van der Waals surface area (Å²) < 4.78 is 3.17. The van der Waals surface area contributed by atoms with Crippen LogP contribution in [0.4, 0.5) is 5.69 Å². The normalized spacial score (nSPS) is 13.9. The molecule has 28 heavy (non-hydrogen) atoms. The highest BCUT2D eigenvalue weighted by Crippen LogP contribution is 2.19. The molecule has 2 heterocycles. The summed E-state index contributed by atoms with van der Waals surface area (Å²) in [6.45, 7) is 1.73. The lowest BCUT2D eigenvalue weighted by Crippen LogP contribution is -2.33. The molecular formula is C18H18N4O4S2. The molecule has 1 aliphatic rings. The molecule has 1 aromatic carbocycles. The van der Waals surface area contributed by atoms with Crippen LogP contribution in [-0.4, -0.2) is 42.1 Å². The van der Waals surface area contributed by atoms with Crippen molar-refractivity contribution < 1.29 is 14.4 Å². The summed E-state index contributed by atoms with van der Waals surface area (Å²) in [5.41, 5.74) is 1.10. The Morgan fingerprint density at radius 3 is 2.36 bits per heavy atom. The van der Waals surface area contributed by atoms with Crippen molar-refractivity contribution in [3.8, 4) is 5.69 Å². The summed E-state index contributed by atoms with van der Waals surface area (Å²) in [7, 11) is 1.73. The van der Waals surface area contributed by atoms with E-state index >= 15 is 0 Å². The molecule has 0 aliphatic carbocycles. The van der Waals surface area contributed by atoms with Gasteiger partial charge in [0.15, 0.2) is 0 Å². The fourth-order valence-corrected chi connectivity index (χ4v) is 3.90. The van der Waals surface area contributed by atoms with Crippen LogP contribution in [0.5, 0.6) is 0 Å². The lowest BCUT2D eigenvalue weighted by molar-refractivity contribution is -0.133. The number of carbonyl (C=O) groups excluding carboxylic acids is 3. The van der Waals surface area contributed by atoms with E-state index in [1.54, 1.807) is 30.8 Å². The van der Waals surface area contributed by atoms with Crippen LogP contribution in [0.15, 0.2) is 35.1 Å². The Labute approximate surface area is 170 Å². The zero-order valence-electron chi connectivity index (χ0n) is 15.3. The molecule has 1 saturated heterocycles. The number of nitrogens with zero attached hydrogens (tertiary/aromatic N) is 3.